The van der Waals surface area contributed by atoms with Crippen LogP contribution in [0.3, 0.4) is 0 Å². The molecule has 4 rings (SSSR count). The lowest BCUT2D eigenvalue weighted by Gasteiger charge is -2.40. The molecule has 8 nitrogen and oxygen atoms in total. The topological polar surface area (TPSA) is 88.8 Å². The van der Waals surface area contributed by atoms with Crippen LogP contribution in [0.1, 0.15) is 35.7 Å². The average molecular weight is 426 g/mol. The second kappa shape index (κ2) is 8.79. The summed E-state index contributed by atoms with van der Waals surface area (Å²) in [5.41, 5.74) is 2.23. The Morgan fingerprint density at radius 3 is 2.70 bits per heavy atom. The molecule has 0 aliphatic carbocycles. The van der Waals surface area contributed by atoms with Crippen LogP contribution in [0.5, 0.6) is 0 Å². The Morgan fingerprint density at radius 1 is 1.23 bits per heavy atom. The first-order valence-electron chi connectivity index (χ1n) is 10.0. The molecule has 0 bridgehead atoms. The number of carbonyl (C=O) groups excluding carboxylic acids is 1. The highest BCUT2D eigenvalue weighted by atomic mass is 35.5. The van der Waals surface area contributed by atoms with Gasteiger partial charge in [-0.15, -0.1) is 0 Å². The number of anilines is 1. The molecule has 0 saturated carbocycles. The number of rotatable bonds is 5. The molecule has 1 fully saturated rings. The van der Waals surface area contributed by atoms with Gasteiger partial charge in [0.25, 0.3) is 5.91 Å². The van der Waals surface area contributed by atoms with Gasteiger partial charge in [-0.3, -0.25) is 4.79 Å². The van der Waals surface area contributed by atoms with E-state index in [1.807, 2.05) is 30.0 Å². The molecular formula is C21H24ClN7O. The van der Waals surface area contributed by atoms with E-state index in [-0.39, 0.29) is 11.9 Å². The Labute approximate surface area is 180 Å². The predicted molar refractivity (Wildman–Crippen MR) is 115 cm³/mol. The molecule has 1 aliphatic rings. The maximum absolute atomic E-state index is 13.7. The molecule has 1 aromatic carbocycles. The second-order valence-electron chi connectivity index (χ2n) is 7.58. The molecule has 2 aromatic heterocycles. The Kier molecular flexibility index (Phi) is 5.94. The lowest BCUT2D eigenvalue weighted by Crippen LogP contribution is -2.51. The summed E-state index contributed by atoms with van der Waals surface area (Å²) in [5, 5.41) is 12.2. The number of likely N-dealkylation sites (tertiary alicyclic amines) is 1. The maximum atomic E-state index is 13.7. The number of nitrogens with zero attached hydrogens (tertiary/aromatic N) is 6. The number of halogens is 1. The highest BCUT2D eigenvalue weighted by Crippen LogP contribution is 2.28. The highest BCUT2D eigenvalue weighted by Gasteiger charge is 2.34. The quantitative estimate of drug-likeness (QED) is 0.674. The van der Waals surface area contributed by atoms with Crippen LogP contribution in [0.4, 0.5) is 5.95 Å². The van der Waals surface area contributed by atoms with Crippen molar-refractivity contribution >= 4 is 23.5 Å². The Hall–Kier alpha value is -3.00. The summed E-state index contributed by atoms with van der Waals surface area (Å²) in [4.78, 5) is 25.6. The minimum Gasteiger partial charge on any atom is -0.352 e. The van der Waals surface area contributed by atoms with E-state index in [1.54, 1.807) is 24.8 Å². The molecule has 1 saturated heterocycles. The predicted octanol–water partition coefficient (Wildman–Crippen LogP) is 3.37. The molecule has 1 amide bonds. The molecule has 0 spiro atoms. The van der Waals surface area contributed by atoms with Crippen molar-refractivity contribution in [1.82, 2.24) is 29.9 Å². The minimum absolute atomic E-state index is 0.00391. The summed E-state index contributed by atoms with van der Waals surface area (Å²) >= 11 is 5.87. The normalized spacial score (nSPS) is 19.0. The monoisotopic (exact) mass is 425 g/mol. The zero-order valence-electron chi connectivity index (χ0n) is 17.0. The van der Waals surface area contributed by atoms with Crippen molar-refractivity contribution in [3.63, 3.8) is 0 Å². The fourth-order valence-electron chi connectivity index (χ4n) is 3.99. The fraction of sp³-hybridized carbons (Fsp3) is 0.381. The third-order valence-electron chi connectivity index (χ3n) is 5.57. The third-order valence-corrected chi connectivity index (χ3v) is 5.76. The Morgan fingerprint density at radius 2 is 1.97 bits per heavy atom. The van der Waals surface area contributed by atoms with Crippen LogP contribution in [0, 0.1) is 12.8 Å². The molecule has 1 aliphatic heterocycles. The lowest BCUT2D eigenvalue weighted by molar-refractivity contribution is 0.0539. The van der Waals surface area contributed by atoms with E-state index in [0.717, 1.165) is 18.4 Å². The van der Waals surface area contributed by atoms with E-state index in [2.05, 4.69) is 32.4 Å². The van der Waals surface area contributed by atoms with Crippen LogP contribution >= 0.6 is 11.6 Å². The number of hydrogen-bond acceptors (Lipinski definition) is 6. The number of piperidine rings is 1. The summed E-state index contributed by atoms with van der Waals surface area (Å²) in [7, 11) is 0. The van der Waals surface area contributed by atoms with E-state index in [4.69, 9.17) is 11.6 Å². The Balaban J connectivity index is 1.61. The van der Waals surface area contributed by atoms with Crippen molar-refractivity contribution in [2.75, 3.05) is 18.4 Å². The molecule has 156 valence electrons. The summed E-state index contributed by atoms with van der Waals surface area (Å²) in [6, 6.07) is 5.76. The molecule has 3 heterocycles. The fourth-order valence-corrected chi connectivity index (χ4v) is 4.09. The van der Waals surface area contributed by atoms with E-state index in [9.17, 15) is 4.79 Å². The lowest BCUT2D eigenvalue weighted by atomic mass is 9.89. The first-order chi connectivity index (χ1) is 14.5. The second-order valence-corrected chi connectivity index (χ2v) is 8.02. The maximum Gasteiger partial charge on any atom is 0.256 e. The summed E-state index contributed by atoms with van der Waals surface area (Å²) < 4.78 is 0. The standard InChI is InChI=1S/C21H24ClN7O/c1-14-6-4-10-28(18(14)13-25-21-23-11-16(22)12-24-21)20(30)19-15(2)5-3-7-17(19)29-26-8-9-27-29/h3,5,7-9,11-12,14,18H,4,6,10,13H2,1-2H3,(H,23,24,25)/t14-,18?/m1/s1. The first kappa shape index (κ1) is 20.3. The molecular weight excluding hydrogens is 402 g/mol. The van der Waals surface area contributed by atoms with Gasteiger partial charge in [0.2, 0.25) is 5.95 Å². The zero-order chi connectivity index (χ0) is 21.1. The number of amides is 1. The summed E-state index contributed by atoms with van der Waals surface area (Å²) in [5.74, 6) is 0.843. The van der Waals surface area contributed by atoms with Crippen LogP contribution in [0.25, 0.3) is 5.69 Å². The van der Waals surface area contributed by atoms with E-state index in [1.165, 1.54) is 4.80 Å². The highest BCUT2D eigenvalue weighted by molar-refractivity contribution is 6.30. The average Bonchev–Trinajstić information content (AvgIpc) is 3.28. The number of nitrogens with one attached hydrogen (secondary N) is 1. The van der Waals surface area contributed by atoms with Crippen LogP contribution in [-0.2, 0) is 0 Å². The number of aryl methyl sites for hydroxylation is 1. The van der Waals surface area contributed by atoms with Crippen molar-refractivity contribution in [3.05, 3.63) is 59.1 Å². The zero-order valence-corrected chi connectivity index (χ0v) is 17.8. The number of carbonyl (C=O) groups is 1. The van der Waals surface area contributed by atoms with Gasteiger partial charge in [-0.2, -0.15) is 15.0 Å². The van der Waals surface area contributed by atoms with Gasteiger partial charge in [0.05, 0.1) is 47.1 Å². The van der Waals surface area contributed by atoms with E-state index >= 15 is 0 Å². The molecule has 9 heteroatoms. The molecule has 1 unspecified atom stereocenters. The van der Waals surface area contributed by atoms with Crippen molar-refractivity contribution in [2.24, 2.45) is 5.92 Å². The Bertz CT molecular complexity index is 1010. The van der Waals surface area contributed by atoms with Gasteiger partial charge < -0.3 is 10.2 Å². The van der Waals surface area contributed by atoms with Crippen LogP contribution in [-0.4, -0.2) is 54.9 Å². The number of benzene rings is 1. The van der Waals surface area contributed by atoms with Gasteiger partial charge in [-0.05, 0) is 37.3 Å². The van der Waals surface area contributed by atoms with Crippen molar-refractivity contribution < 1.29 is 4.79 Å². The van der Waals surface area contributed by atoms with Crippen LogP contribution in [0.2, 0.25) is 5.02 Å². The van der Waals surface area contributed by atoms with E-state index in [0.29, 0.717) is 41.2 Å². The van der Waals surface area contributed by atoms with Gasteiger partial charge in [0.15, 0.2) is 0 Å². The van der Waals surface area contributed by atoms with Gasteiger partial charge in [0.1, 0.15) is 0 Å². The summed E-state index contributed by atoms with van der Waals surface area (Å²) in [6.45, 7) is 5.40. The smallest absolute Gasteiger partial charge is 0.256 e. The minimum atomic E-state index is -0.00391. The van der Waals surface area contributed by atoms with E-state index < -0.39 is 0 Å². The van der Waals surface area contributed by atoms with Crippen molar-refractivity contribution in [1.29, 1.82) is 0 Å². The van der Waals surface area contributed by atoms with Gasteiger partial charge in [-0.25, -0.2) is 9.97 Å². The van der Waals surface area contributed by atoms with Crippen molar-refractivity contribution in [3.8, 4) is 5.69 Å². The van der Waals surface area contributed by atoms with Crippen LogP contribution < -0.4 is 5.32 Å². The largest absolute Gasteiger partial charge is 0.352 e. The molecule has 1 N–H and O–H groups in total. The van der Waals surface area contributed by atoms with Gasteiger partial charge in [0, 0.05) is 13.1 Å². The van der Waals surface area contributed by atoms with Gasteiger partial charge in [-0.1, -0.05) is 30.7 Å². The SMILES string of the molecule is Cc1cccc(-n2nccn2)c1C(=O)N1CCC[C@@H](C)C1CNc1ncc(Cl)cn1. The third kappa shape index (κ3) is 4.14. The molecule has 30 heavy (non-hydrogen) atoms. The molecule has 0 radical (unpaired) electrons. The van der Waals surface area contributed by atoms with Crippen LogP contribution in [0.15, 0.2) is 43.0 Å². The first-order valence-corrected chi connectivity index (χ1v) is 10.4. The van der Waals surface area contributed by atoms with Gasteiger partial charge >= 0.3 is 0 Å². The number of hydrogen-bond donors (Lipinski definition) is 1. The van der Waals surface area contributed by atoms with Crippen molar-refractivity contribution in [2.45, 2.75) is 32.7 Å². The molecule has 3 aromatic rings. The summed E-state index contributed by atoms with van der Waals surface area (Å²) in [6.07, 6.45) is 8.37. The molecule has 2 atom stereocenters. The number of aromatic nitrogens is 5.